The van der Waals surface area contributed by atoms with Gasteiger partial charge < -0.3 is 14.9 Å². The van der Waals surface area contributed by atoms with Crippen LogP contribution in [0.5, 0.6) is 0 Å². The Kier molecular flexibility index (Phi) is 6.85. The van der Waals surface area contributed by atoms with Gasteiger partial charge >= 0.3 is 0 Å². The average molecular weight is 415 g/mol. The fraction of sp³-hybridized carbons (Fsp3) is 0.760. The van der Waals surface area contributed by atoms with E-state index in [2.05, 4.69) is 59.7 Å². The normalized spacial score (nSPS) is 27.0. The van der Waals surface area contributed by atoms with E-state index < -0.39 is 0 Å². The van der Waals surface area contributed by atoms with Gasteiger partial charge in [0, 0.05) is 52.4 Å². The van der Waals surface area contributed by atoms with E-state index >= 15 is 0 Å². The number of piperidine rings is 2. The molecule has 1 N–H and O–H groups in total. The quantitative estimate of drug-likeness (QED) is 0.818. The lowest BCUT2D eigenvalue weighted by Gasteiger charge is -2.48. The molecule has 1 atom stereocenters. The number of likely N-dealkylation sites (tertiary alicyclic amines) is 2. The number of β-amino-alcohol motifs (C(OH)–C–C–N with tert-alkyl or cyclic N) is 1. The number of benzene rings is 1. The van der Waals surface area contributed by atoms with Crippen molar-refractivity contribution in [1.82, 2.24) is 19.6 Å². The van der Waals surface area contributed by atoms with Crippen LogP contribution in [0.1, 0.15) is 41.5 Å². The van der Waals surface area contributed by atoms with Crippen molar-refractivity contribution in [3.05, 3.63) is 34.4 Å². The molecule has 5 heteroatoms. The molecule has 30 heavy (non-hydrogen) atoms. The van der Waals surface area contributed by atoms with Crippen molar-refractivity contribution in [2.24, 2.45) is 5.41 Å². The van der Waals surface area contributed by atoms with Crippen molar-refractivity contribution in [1.29, 1.82) is 0 Å². The molecule has 0 radical (unpaired) electrons. The van der Waals surface area contributed by atoms with E-state index in [0.717, 1.165) is 45.7 Å². The zero-order valence-corrected chi connectivity index (χ0v) is 19.7. The Balaban J connectivity index is 1.38. The Morgan fingerprint density at radius 3 is 2.00 bits per heavy atom. The third kappa shape index (κ3) is 5.25. The summed E-state index contributed by atoms with van der Waals surface area (Å²) >= 11 is 0. The maximum atomic E-state index is 10.3. The Labute approximate surface area is 183 Å². The number of hydrogen-bond donors (Lipinski definition) is 1. The van der Waals surface area contributed by atoms with Crippen LogP contribution in [0.3, 0.4) is 0 Å². The molecule has 0 aliphatic carbocycles. The van der Waals surface area contributed by atoms with Crippen LogP contribution in [-0.4, -0.2) is 97.3 Å². The summed E-state index contributed by atoms with van der Waals surface area (Å²) < 4.78 is 0. The van der Waals surface area contributed by atoms with E-state index in [1.165, 1.54) is 61.3 Å². The second-order valence-corrected chi connectivity index (χ2v) is 10.6. The summed E-state index contributed by atoms with van der Waals surface area (Å²) in [7, 11) is 4.39. The molecule has 0 saturated carbocycles. The van der Waals surface area contributed by atoms with Crippen LogP contribution in [0.25, 0.3) is 0 Å². The maximum absolute atomic E-state index is 10.3. The molecule has 3 saturated heterocycles. The molecule has 3 aliphatic rings. The van der Waals surface area contributed by atoms with Crippen LogP contribution in [0.2, 0.25) is 0 Å². The zero-order valence-electron chi connectivity index (χ0n) is 19.7. The number of likely N-dealkylation sites (N-methyl/N-ethyl adjacent to an activating group) is 2. The van der Waals surface area contributed by atoms with E-state index in [9.17, 15) is 5.11 Å². The van der Waals surface area contributed by atoms with Gasteiger partial charge in [-0.1, -0.05) is 17.7 Å². The molecule has 3 heterocycles. The van der Waals surface area contributed by atoms with E-state index in [0.29, 0.717) is 5.41 Å². The molecule has 3 aliphatic heterocycles. The van der Waals surface area contributed by atoms with Crippen LogP contribution in [0.4, 0.5) is 0 Å². The second-order valence-electron chi connectivity index (χ2n) is 10.6. The highest BCUT2D eigenvalue weighted by atomic mass is 16.3. The van der Waals surface area contributed by atoms with Crippen molar-refractivity contribution in [3.8, 4) is 0 Å². The number of hydrogen-bond acceptors (Lipinski definition) is 5. The van der Waals surface area contributed by atoms with Gasteiger partial charge in [0.25, 0.3) is 0 Å². The van der Waals surface area contributed by atoms with Crippen molar-refractivity contribution in [2.75, 3.05) is 66.5 Å². The maximum Gasteiger partial charge on any atom is 0.0672 e. The molecule has 1 aromatic rings. The number of aliphatic hydroxyl groups is 1. The van der Waals surface area contributed by atoms with Crippen LogP contribution >= 0.6 is 0 Å². The predicted octanol–water partition coefficient (Wildman–Crippen LogP) is 2.33. The fourth-order valence-corrected chi connectivity index (χ4v) is 6.00. The number of nitrogens with zero attached hydrogens (tertiary/aromatic N) is 4. The first-order valence-corrected chi connectivity index (χ1v) is 11.9. The third-order valence-corrected chi connectivity index (χ3v) is 7.86. The number of piperazine rings is 1. The first kappa shape index (κ1) is 22.2. The van der Waals surface area contributed by atoms with Crippen LogP contribution in [0.15, 0.2) is 12.1 Å². The third-order valence-electron chi connectivity index (χ3n) is 7.86. The van der Waals surface area contributed by atoms with Crippen molar-refractivity contribution in [2.45, 2.75) is 52.3 Å². The Morgan fingerprint density at radius 1 is 0.867 bits per heavy atom. The molecule has 0 amide bonds. The first-order chi connectivity index (χ1) is 14.3. The highest BCUT2D eigenvalue weighted by molar-refractivity contribution is 5.38. The fourth-order valence-electron chi connectivity index (χ4n) is 6.00. The lowest BCUT2D eigenvalue weighted by Crippen LogP contribution is -2.52. The predicted molar refractivity (Wildman–Crippen MR) is 124 cm³/mol. The van der Waals surface area contributed by atoms with E-state index in [-0.39, 0.29) is 6.10 Å². The van der Waals surface area contributed by atoms with Crippen LogP contribution < -0.4 is 0 Å². The highest BCUT2D eigenvalue weighted by Gasteiger charge is 2.40. The van der Waals surface area contributed by atoms with Crippen LogP contribution in [0, 0.1) is 19.3 Å². The van der Waals surface area contributed by atoms with Gasteiger partial charge in [0.1, 0.15) is 0 Å². The molecule has 4 rings (SSSR count). The lowest BCUT2D eigenvalue weighted by atomic mass is 9.71. The lowest BCUT2D eigenvalue weighted by molar-refractivity contribution is -0.0331. The van der Waals surface area contributed by atoms with E-state index in [1.54, 1.807) is 0 Å². The minimum Gasteiger partial charge on any atom is -0.392 e. The largest absolute Gasteiger partial charge is 0.392 e. The molecule has 168 valence electrons. The van der Waals surface area contributed by atoms with Gasteiger partial charge in [0.2, 0.25) is 0 Å². The average Bonchev–Trinajstić information content (AvgIpc) is 2.68. The Hall–Kier alpha value is -0.980. The van der Waals surface area contributed by atoms with E-state index in [1.807, 2.05) is 0 Å². The Morgan fingerprint density at radius 2 is 1.43 bits per heavy atom. The molecule has 1 spiro atoms. The Bertz CT molecular complexity index is 708. The molecule has 1 aromatic carbocycles. The van der Waals surface area contributed by atoms with Crippen LogP contribution in [-0.2, 0) is 13.1 Å². The molecular formula is C25H42N4O. The summed E-state index contributed by atoms with van der Waals surface area (Å²) in [6.45, 7) is 15.7. The molecule has 0 bridgehead atoms. The smallest absolute Gasteiger partial charge is 0.0672 e. The minimum absolute atomic E-state index is 0.147. The second kappa shape index (κ2) is 9.25. The summed E-state index contributed by atoms with van der Waals surface area (Å²) in [5.41, 5.74) is 6.24. The molecular weight excluding hydrogens is 372 g/mol. The van der Waals surface area contributed by atoms with Gasteiger partial charge in [-0.25, -0.2) is 0 Å². The molecule has 3 fully saturated rings. The molecule has 1 unspecified atom stereocenters. The number of rotatable bonds is 4. The standard InChI is InChI=1S/C25H42N4O/c1-20-13-22(21(2)23(14-20)17-29-11-9-26(3)10-12-29)16-28-7-5-25(6-8-28)15-24(30)18-27(4)19-25/h13-14,24,30H,5-12,15-19H2,1-4H3. The van der Waals surface area contributed by atoms with Gasteiger partial charge in [-0.15, -0.1) is 0 Å². The minimum atomic E-state index is -0.147. The van der Waals surface area contributed by atoms with Crippen molar-refractivity contribution >= 4 is 0 Å². The summed E-state index contributed by atoms with van der Waals surface area (Å²) in [5.74, 6) is 0. The van der Waals surface area contributed by atoms with Gasteiger partial charge in [0.05, 0.1) is 6.10 Å². The van der Waals surface area contributed by atoms with Gasteiger partial charge in [-0.2, -0.15) is 0 Å². The summed E-state index contributed by atoms with van der Waals surface area (Å²) in [6, 6.07) is 4.81. The van der Waals surface area contributed by atoms with E-state index in [4.69, 9.17) is 0 Å². The summed E-state index contributed by atoms with van der Waals surface area (Å²) in [5, 5.41) is 10.3. The number of aryl methyl sites for hydroxylation is 1. The molecule has 0 aromatic heterocycles. The molecule has 5 nitrogen and oxygen atoms in total. The number of aliphatic hydroxyl groups excluding tert-OH is 1. The van der Waals surface area contributed by atoms with Crippen molar-refractivity contribution in [3.63, 3.8) is 0 Å². The summed E-state index contributed by atoms with van der Waals surface area (Å²) in [6.07, 6.45) is 3.27. The first-order valence-electron chi connectivity index (χ1n) is 11.9. The van der Waals surface area contributed by atoms with Crippen molar-refractivity contribution < 1.29 is 5.11 Å². The highest BCUT2D eigenvalue weighted by Crippen LogP contribution is 2.40. The zero-order chi connectivity index (χ0) is 21.3. The van der Waals surface area contributed by atoms with Gasteiger partial charge in [-0.05, 0) is 82.4 Å². The SMILES string of the molecule is Cc1cc(CN2CCN(C)CC2)c(C)c(CN2CCC3(CC2)CC(O)CN(C)C3)c1. The summed E-state index contributed by atoms with van der Waals surface area (Å²) in [4.78, 5) is 10.0. The van der Waals surface area contributed by atoms with Gasteiger partial charge in [0.15, 0.2) is 0 Å². The monoisotopic (exact) mass is 414 g/mol. The topological polar surface area (TPSA) is 33.2 Å². The van der Waals surface area contributed by atoms with Gasteiger partial charge in [-0.3, -0.25) is 9.80 Å².